The van der Waals surface area contributed by atoms with Crippen molar-refractivity contribution in [2.75, 3.05) is 19.4 Å². The lowest BCUT2D eigenvalue weighted by Crippen LogP contribution is -2.24. The molecule has 1 amide bonds. The van der Waals surface area contributed by atoms with E-state index in [0.717, 1.165) is 16.1 Å². The third-order valence-electron chi connectivity index (χ3n) is 4.10. The van der Waals surface area contributed by atoms with E-state index in [1.807, 2.05) is 0 Å². The quantitative estimate of drug-likeness (QED) is 0.513. The number of halogens is 2. The molecule has 0 spiro atoms. The van der Waals surface area contributed by atoms with Crippen molar-refractivity contribution in [3.63, 3.8) is 0 Å². The summed E-state index contributed by atoms with van der Waals surface area (Å²) in [5.74, 6) is -0.852. The molecular weight excluding hydrogens is 467 g/mol. The molecule has 13 heteroatoms. The maximum absolute atomic E-state index is 13.5. The smallest absolute Gasteiger partial charge is 0.244 e. The van der Waals surface area contributed by atoms with E-state index in [4.69, 9.17) is 11.6 Å². The lowest BCUT2D eigenvalue weighted by Gasteiger charge is -2.15. The Hall–Kier alpha value is -2.54. The molecule has 1 atom stereocenters. The molecule has 0 aliphatic heterocycles. The van der Waals surface area contributed by atoms with Crippen molar-refractivity contribution in [1.29, 1.82) is 0 Å². The first-order chi connectivity index (χ1) is 14.6. The lowest BCUT2D eigenvalue weighted by atomic mass is 10.3. The van der Waals surface area contributed by atoms with Crippen molar-refractivity contribution in [3.05, 3.63) is 53.3 Å². The molecule has 9 nitrogen and oxygen atoms in total. The molecule has 164 valence electrons. The highest BCUT2D eigenvalue weighted by Crippen LogP contribution is 2.28. The van der Waals surface area contributed by atoms with Gasteiger partial charge in [-0.1, -0.05) is 29.4 Å². The Morgan fingerprint density at radius 1 is 1.26 bits per heavy atom. The van der Waals surface area contributed by atoms with Gasteiger partial charge in [-0.2, -0.15) is 4.68 Å². The fraction of sp³-hybridized carbons (Fsp3) is 0.222. The predicted octanol–water partition coefficient (Wildman–Crippen LogP) is 2.82. The molecule has 1 unspecified atom stereocenters. The number of carbonyl (C=O) groups excluding carboxylic acids is 1. The molecule has 1 N–H and O–H groups in total. The number of hydrogen-bond acceptors (Lipinski definition) is 7. The van der Waals surface area contributed by atoms with Crippen LogP contribution in [0.4, 0.5) is 10.1 Å². The van der Waals surface area contributed by atoms with Gasteiger partial charge in [0, 0.05) is 19.8 Å². The fourth-order valence-corrected chi connectivity index (χ4v) is 4.65. The maximum Gasteiger partial charge on any atom is 0.244 e. The number of aromatic nitrogens is 4. The van der Waals surface area contributed by atoms with E-state index in [-0.39, 0.29) is 15.6 Å². The van der Waals surface area contributed by atoms with Gasteiger partial charge < -0.3 is 5.32 Å². The fourth-order valence-electron chi connectivity index (χ4n) is 2.45. The molecule has 3 rings (SSSR count). The molecule has 2 aromatic carbocycles. The van der Waals surface area contributed by atoms with Crippen LogP contribution in [0.3, 0.4) is 0 Å². The zero-order valence-electron chi connectivity index (χ0n) is 16.7. The molecule has 3 aromatic rings. The number of benzene rings is 2. The van der Waals surface area contributed by atoms with E-state index >= 15 is 0 Å². The summed E-state index contributed by atoms with van der Waals surface area (Å²) in [7, 11) is -1.01. The minimum atomic E-state index is -3.78. The Kier molecular flexibility index (Phi) is 6.94. The van der Waals surface area contributed by atoms with Gasteiger partial charge in [0.25, 0.3) is 0 Å². The van der Waals surface area contributed by atoms with Gasteiger partial charge in [0.1, 0.15) is 10.7 Å². The van der Waals surface area contributed by atoms with Crippen LogP contribution in [-0.4, -0.2) is 58.2 Å². The number of rotatable bonds is 7. The number of amides is 1. The summed E-state index contributed by atoms with van der Waals surface area (Å²) in [5.41, 5.74) is 0.684. The first kappa shape index (κ1) is 23.1. The number of thioether (sulfide) groups is 1. The summed E-state index contributed by atoms with van der Waals surface area (Å²) >= 11 is 7.09. The molecule has 0 saturated carbocycles. The topological polar surface area (TPSA) is 110 Å². The van der Waals surface area contributed by atoms with Crippen molar-refractivity contribution >= 4 is 45.0 Å². The normalized spacial score (nSPS) is 12.7. The SMILES string of the molecule is CC(Sc1nnnn1-c1cccc(F)c1)C(=O)Nc1ccc(Cl)c(S(=O)(=O)N(C)C)c1. The van der Waals surface area contributed by atoms with E-state index in [9.17, 15) is 17.6 Å². The van der Waals surface area contributed by atoms with Crippen molar-refractivity contribution < 1.29 is 17.6 Å². The lowest BCUT2D eigenvalue weighted by molar-refractivity contribution is -0.115. The van der Waals surface area contributed by atoms with E-state index in [0.29, 0.717) is 10.8 Å². The summed E-state index contributed by atoms with van der Waals surface area (Å²) in [6.45, 7) is 1.64. The van der Waals surface area contributed by atoms with Crippen molar-refractivity contribution in [1.82, 2.24) is 24.5 Å². The standard InChI is InChI=1S/C18H18ClFN6O3S2/c1-11(30-18-22-23-24-26(18)14-6-4-5-12(20)9-14)17(27)21-13-7-8-15(19)16(10-13)31(28,29)25(2)3/h4-11H,1-3H3,(H,21,27). The summed E-state index contributed by atoms with van der Waals surface area (Å²) < 4.78 is 40.7. The number of carbonyl (C=O) groups is 1. The summed E-state index contributed by atoms with van der Waals surface area (Å²) in [5, 5.41) is 13.7. The van der Waals surface area contributed by atoms with Crippen LogP contribution in [-0.2, 0) is 14.8 Å². The third kappa shape index (κ3) is 5.21. The Labute approximate surface area is 187 Å². The molecule has 0 fully saturated rings. The van der Waals surface area contributed by atoms with Crippen LogP contribution in [0.15, 0.2) is 52.5 Å². The molecule has 1 heterocycles. The molecular formula is C18H18ClFN6O3S2. The van der Waals surface area contributed by atoms with Gasteiger partial charge in [-0.05, 0) is 53.7 Å². The predicted molar refractivity (Wildman–Crippen MR) is 115 cm³/mol. The van der Waals surface area contributed by atoms with Crippen LogP contribution in [0.1, 0.15) is 6.92 Å². The van der Waals surface area contributed by atoms with Gasteiger partial charge in [-0.25, -0.2) is 17.1 Å². The minimum absolute atomic E-state index is 0.0448. The number of nitrogens with zero attached hydrogens (tertiary/aromatic N) is 5. The average molecular weight is 485 g/mol. The van der Waals surface area contributed by atoms with E-state index < -0.39 is 27.0 Å². The van der Waals surface area contributed by atoms with Gasteiger partial charge in [0.05, 0.1) is 16.0 Å². The molecule has 0 aliphatic rings. The van der Waals surface area contributed by atoms with Gasteiger partial charge in [0.15, 0.2) is 0 Å². The summed E-state index contributed by atoms with van der Waals surface area (Å²) in [6.07, 6.45) is 0. The summed E-state index contributed by atoms with van der Waals surface area (Å²) in [4.78, 5) is 12.5. The van der Waals surface area contributed by atoms with Gasteiger partial charge in [0.2, 0.25) is 21.1 Å². The van der Waals surface area contributed by atoms with Crippen LogP contribution < -0.4 is 5.32 Å². The Balaban J connectivity index is 1.77. The molecule has 1 aromatic heterocycles. The Bertz CT molecular complexity index is 1220. The number of sulfonamides is 1. The van der Waals surface area contributed by atoms with Gasteiger partial charge in [-0.3, -0.25) is 4.79 Å². The Morgan fingerprint density at radius 3 is 2.68 bits per heavy atom. The first-order valence-electron chi connectivity index (χ1n) is 8.83. The van der Waals surface area contributed by atoms with E-state index in [1.165, 1.54) is 55.2 Å². The zero-order chi connectivity index (χ0) is 22.8. The van der Waals surface area contributed by atoms with Crippen molar-refractivity contribution in [3.8, 4) is 5.69 Å². The molecule has 0 saturated heterocycles. The summed E-state index contributed by atoms with van der Waals surface area (Å²) in [6, 6.07) is 9.92. The van der Waals surface area contributed by atoms with Crippen LogP contribution in [0.5, 0.6) is 0 Å². The van der Waals surface area contributed by atoms with Gasteiger partial charge in [-0.15, -0.1) is 5.10 Å². The third-order valence-corrected chi connectivity index (χ3v) is 7.43. The maximum atomic E-state index is 13.5. The average Bonchev–Trinajstić information content (AvgIpc) is 3.17. The second-order valence-electron chi connectivity index (χ2n) is 6.54. The number of anilines is 1. The monoisotopic (exact) mass is 484 g/mol. The highest BCUT2D eigenvalue weighted by molar-refractivity contribution is 8.00. The number of tetrazole rings is 1. The largest absolute Gasteiger partial charge is 0.325 e. The second-order valence-corrected chi connectivity index (χ2v) is 10.4. The highest BCUT2D eigenvalue weighted by atomic mass is 35.5. The minimum Gasteiger partial charge on any atom is -0.325 e. The Morgan fingerprint density at radius 2 is 2.00 bits per heavy atom. The zero-order valence-corrected chi connectivity index (χ0v) is 19.0. The number of hydrogen-bond donors (Lipinski definition) is 1. The highest BCUT2D eigenvalue weighted by Gasteiger charge is 2.23. The van der Waals surface area contributed by atoms with Crippen LogP contribution in [0.25, 0.3) is 5.69 Å². The molecule has 0 radical (unpaired) electrons. The van der Waals surface area contributed by atoms with Crippen molar-refractivity contribution in [2.24, 2.45) is 0 Å². The van der Waals surface area contributed by atoms with Crippen LogP contribution in [0, 0.1) is 5.82 Å². The van der Waals surface area contributed by atoms with Gasteiger partial charge >= 0.3 is 0 Å². The van der Waals surface area contributed by atoms with Crippen LogP contribution >= 0.6 is 23.4 Å². The first-order valence-corrected chi connectivity index (χ1v) is 11.5. The molecule has 0 bridgehead atoms. The van der Waals surface area contributed by atoms with E-state index in [2.05, 4.69) is 20.8 Å². The van der Waals surface area contributed by atoms with E-state index in [1.54, 1.807) is 13.0 Å². The second kappa shape index (κ2) is 9.30. The molecule has 31 heavy (non-hydrogen) atoms. The molecule has 0 aliphatic carbocycles. The van der Waals surface area contributed by atoms with Crippen LogP contribution in [0.2, 0.25) is 5.02 Å². The van der Waals surface area contributed by atoms with Crippen molar-refractivity contribution in [2.45, 2.75) is 22.2 Å². The number of nitrogens with one attached hydrogen (secondary N) is 1.